The number of nitrogens with zero attached hydrogens (tertiary/aromatic N) is 3. The molecule has 1 atom stereocenters. The summed E-state index contributed by atoms with van der Waals surface area (Å²) in [6.07, 6.45) is 0. The average Bonchev–Trinajstić information content (AvgIpc) is 2.95. The van der Waals surface area contributed by atoms with E-state index >= 15 is 0 Å². The van der Waals surface area contributed by atoms with Gasteiger partial charge in [-0.2, -0.15) is 0 Å². The van der Waals surface area contributed by atoms with Crippen molar-refractivity contribution in [1.82, 2.24) is 15.2 Å². The number of thioether (sulfide) groups is 1. The van der Waals surface area contributed by atoms with Crippen molar-refractivity contribution < 1.29 is 9.90 Å². The first-order chi connectivity index (χ1) is 9.04. The molecule has 19 heavy (non-hydrogen) atoms. The van der Waals surface area contributed by atoms with Gasteiger partial charge in [0.2, 0.25) is 5.13 Å². The summed E-state index contributed by atoms with van der Waals surface area (Å²) in [6.45, 7) is 3.96. The topological polar surface area (TPSA) is 88.0 Å². The first-order valence-electron chi connectivity index (χ1n) is 5.41. The molecule has 2 aromatic heterocycles. The molecule has 0 amide bonds. The van der Waals surface area contributed by atoms with Crippen LogP contribution in [0, 0.1) is 6.92 Å². The number of hydrogen-bond donors (Lipinski definition) is 2. The van der Waals surface area contributed by atoms with Crippen LogP contribution >= 0.6 is 34.4 Å². The molecule has 1 unspecified atom stereocenters. The number of aliphatic carboxylic acids is 1. The minimum atomic E-state index is -0.860. The summed E-state index contributed by atoms with van der Waals surface area (Å²) in [4.78, 5) is 14.9. The van der Waals surface area contributed by atoms with E-state index in [0.29, 0.717) is 9.47 Å². The molecule has 0 spiro atoms. The Morgan fingerprint density at radius 3 is 3.00 bits per heavy atom. The Hall–Kier alpha value is -1.19. The monoisotopic (exact) mass is 316 g/mol. The van der Waals surface area contributed by atoms with E-state index < -0.39 is 5.97 Å². The van der Waals surface area contributed by atoms with Crippen LogP contribution in [0.2, 0.25) is 0 Å². The minimum Gasteiger partial charge on any atom is -0.481 e. The molecular weight excluding hydrogens is 304 g/mol. The molecule has 2 aromatic rings. The lowest BCUT2D eigenvalue weighted by Crippen LogP contribution is -2.05. The lowest BCUT2D eigenvalue weighted by Gasteiger charge is -2.08. The Morgan fingerprint density at radius 1 is 1.58 bits per heavy atom. The second-order valence-corrected chi connectivity index (χ2v) is 6.84. The number of carboxylic acids is 1. The van der Waals surface area contributed by atoms with Gasteiger partial charge in [0.05, 0.1) is 11.8 Å². The number of aromatic nitrogens is 3. The van der Waals surface area contributed by atoms with Crippen LogP contribution < -0.4 is 5.32 Å². The van der Waals surface area contributed by atoms with Crippen LogP contribution in [-0.4, -0.2) is 32.0 Å². The van der Waals surface area contributed by atoms with Crippen LogP contribution in [0.15, 0.2) is 9.72 Å². The molecule has 0 fully saturated rings. The minimum absolute atomic E-state index is 0.00411. The second-order valence-electron chi connectivity index (χ2n) is 3.75. The number of thiazole rings is 1. The Labute approximate surface area is 122 Å². The molecule has 2 rings (SSSR count). The van der Waals surface area contributed by atoms with Crippen molar-refractivity contribution in [3.8, 4) is 0 Å². The first kappa shape index (κ1) is 14.2. The fraction of sp³-hybridized carbons (Fsp3) is 0.400. The third-order valence-corrected chi connectivity index (χ3v) is 5.19. The third kappa shape index (κ3) is 4.15. The summed E-state index contributed by atoms with van der Waals surface area (Å²) in [5.41, 5.74) is 1.00. The van der Waals surface area contributed by atoms with Crippen LogP contribution in [0.4, 0.5) is 5.13 Å². The number of aryl methyl sites for hydroxylation is 1. The van der Waals surface area contributed by atoms with Crippen LogP contribution in [0.1, 0.15) is 23.7 Å². The summed E-state index contributed by atoms with van der Waals surface area (Å²) in [5.74, 6) is -0.864. The van der Waals surface area contributed by atoms with E-state index in [1.54, 1.807) is 11.3 Å². The van der Waals surface area contributed by atoms with Gasteiger partial charge in [-0.25, -0.2) is 4.98 Å². The Bertz CT molecular complexity index is 569. The number of carboxylic acid groups (broad SMARTS) is 1. The van der Waals surface area contributed by atoms with Crippen molar-refractivity contribution in [1.29, 1.82) is 0 Å². The molecule has 0 radical (unpaired) electrons. The highest BCUT2D eigenvalue weighted by Gasteiger charge is 2.13. The molecular formula is C10H12N4O2S3. The van der Waals surface area contributed by atoms with Crippen molar-refractivity contribution >= 4 is 45.5 Å². The smallest absolute Gasteiger partial charge is 0.313 e. The van der Waals surface area contributed by atoms with Crippen LogP contribution in [-0.2, 0) is 4.79 Å². The summed E-state index contributed by atoms with van der Waals surface area (Å²) >= 11 is 4.11. The zero-order valence-electron chi connectivity index (χ0n) is 10.3. The van der Waals surface area contributed by atoms with Crippen molar-refractivity contribution in [2.75, 3.05) is 11.1 Å². The fourth-order valence-corrected chi connectivity index (χ4v) is 3.63. The summed E-state index contributed by atoms with van der Waals surface area (Å²) in [7, 11) is 0. The summed E-state index contributed by atoms with van der Waals surface area (Å²) in [6, 6.07) is 0.0592. The van der Waals surface area contributed by atoms with E-state index in [-0.39, 0.29) is 11.8 Å². The molecule has 2 N–H and O–H groups in total. The summed E-state index contributed by atoms with van der Waals surface area (Å²) in [5, 5.41) is 23.4. The lowest BCUT2D eigenvalue weighted by molar-refractivity contribution is -0.133. The first-order valence-corrected chi connectivity index (χ1v) is 8.09. The highest BCUT2D eigenvalue weighted by Crippen LogP contribution is 2.28. The Balaban J connectivity index is 1.94. The maximum Gasteiger partial charge on any atom is 0.313 e. The van der Waals surface area contributed by atoms with Gasteiger partial charge in [0, 0.05) is 11.1 Å². The highest BCUT2D eigenvalue weighted by atomic mass is 32.2. The molecule has 0 aromatic carbocycles. The molecule has 0 saturated heterocycles. The molecule has 0 aliphatic rings. The third-order valence-electron chi connectivity index (χ3n) is 2.07. The van der Waals surface area contributed by atoms with Crippen LogP contribution in [0.25, 0.3) is 0 Å². The van der Waals surface area contributed by atoms with Crippen molar-refractivity contribution in [3.63, 3.8) is 0 Å². The van der Waals surface area contributed by atoms with Gasteiger partial charge in [-0.3, -0.25) is 4.79 Å². The number of anilines is 1. The van der Waals surface area contributed by atoms with Crippen molar-refractivity contribution in [2.45, 2.75) is 24.2 Å². The van der Waals surface area contributed by atoms with E-state index in [2.05, 4.69) is 20.5 Å². The van der Waals surface area contributed by atoms with Crippen molar-refractivity contribution in [3.05, 3.63) is 16.1 Å². The molecule has 0 bridgehead atoms. The molecule has 2 heterocycles. The normalized spacial score (nSPS) is 12.3. The number of rotatable bonds is 6. The fourth-order valence-electron chi connectivity index (χ4n) is 1.27. The van der Waals surface area contributed by atoms with Gasteiger partial charge < -0.3 is 10.4 Å². The quantitative estimate of drug-likeness (QED) is 0.792. The maximum atomic E-state index is 10.5. The van der Waals surface area contributed by atoms with E-state index in [9.17, 15) is 4.79 Å². The zero-order valence-corrected chi connectivity index (χ0v) is 12.7. The maximum absolute atomic E-state index is 10.5. The van der Waals surface area contributed by atoms with E-state index in [0.717, 1.165) is 10.7 Å². The van der Waals surface area contributed by atoms with E-state index in [1.165, 1.54) is 23.1 Å². The van der Waals surface area contributed by atoms with Gasteiger partial charge in [-0.1, -0.05) is 23.1 Å². The SMILES string of the molecule is Cc1csc(C(C)Nc2nnc(SCC(=O)O)s2)n1. The molecule has 0 saturated carbocycles. The van der Waals surface area contributed by atoms with Gasteiger partial charge in [-0.05, 0) is 13.8 Å². The largest absolute Gasteiger partial charge is 0.481 e. The molecule has 9 heteroatoms. The predicted molar refractivity (Wildman–Crippen MR) is 77.2 cm³/mol. The Morgan fingerprint density at radius 2 is 2.37 bits per heavy atom. The Kier molecular flexibility index (Phi) is 4.72. The average molecular weight is 316 g/mol. The highest BCUT2D eigenvalue weighted by molar-refractivity contribution is 8.01. The van der Waals surface area contributed by atoms with E-state index in [4.69, 9.17) is 5.11 Å². The number of nitrogens with one attached hydrogen (secondary N) is 1. The van der Waals surface area contributed by atoms with Gasteiger partial charge in [-0.15, -0.1) is 21.5 Å². The standard InChI is InChI=1S/C10H12N4O2S3/c1-5-3-17-8(11-5)6(2)12-9-13-14-10(19-9)18-4-7(15)16/h3,6H,4H2,1-2H3,(H,12,13)(H,15,16). The van der Waals surface area contributed by atoms with Crippen LogP contribution in [0.5, 0.6) is 0 Å². The summed E-state index contributed by atoms with van der Waals surface area (Å²) < 4.78 is 0.646. The van der Waals surface area contributed by atoms with Gasteiger partial charge in [0.25, 0.3) is 0 Å². The number of carbonyl (C=O) groups is 1. The number of hydrogen-bond acceptors (Lipinski definition) is 8. The van der Waals surface area contributed by atoms with E-state index in [1.807, 2.05) is 19.2 Å². The second kappa shape index (κ2) is 6.31. The zero-order chi connectivity index (χ0) is 13.8. The lowest BCUT2D eigenvalue weighted by atomic mass is 10.4. The van der Waals surface area contributed by atoms with Gasteiger partial charge >= 0.3 is 5.97 Å². The van der Waals surface area contributed by atoms with Crippen LogP contribution in [0.3, 0.4) is 0 Å². The predicted octanol–water partition coefficient (Wildman–Crippen LogP) is 2.65. The molecule has 102 valence electrons. The van der Waals surface area contributed by atoms with Crippen molar-refractivity contribution in [2.24, 2.45) is 0 Å². The van der Waals surface area contributed by atoms with Gasteiger partial charge in [0.15, 0.2) is 4.34 Å². The molecule has 6 nitrogen and oxygen atoms in total. The molecule has 0 aliphatic heterocycles. The molecule has 0 aliphatic carbocycles. The van der Waals surface area contributed by atoms with Gasteiger partial charge in [0.1, 0.15) is 5.01 Å².